The van der Waals surface area contributed by atoms with E-state index in [-0.39, 0.29) is 5.82 Å². The number of H-pyrrole nitrogens is 2. The predicted octanol–water partition coefficient (Wildman–Crippen LogP) is 6.31. The average Bonchev–Trinajstić information content (AvgIpc) is 3.88. The lowest BCUT2D eigenvalue weighted by atomic mass is 9.93. The predicted molar refractivity (Wildman–Crippen MR) is 208 cm³/mol. The number of aromatic nitrogens is 4. The second-order valence-electron chi connectivity index (χ2n) is 13.9. The molecule has 2 aromatic carbocycles. The molecule has 0 spiro atoms. The van der Waals surface area contributed by atoms with E-state index in [2.05, 4.69) is 63.1 Å². The van der Waals surface area contributed by atoms with Crippen molar-refractivity contribution in [1.82, 2.24) is 35.7 Å². The van der Waals surface area contributed by atoms with Gasteiger partial charge in [0.25, 0.3) is 0 Å². The fraction of sp³-hybridized carbons (Fsp3) is 0.357. The number of imidazole rings is 1. The molecule has 0 unspecified atom stereocenters. The van der Waals surface area contributed by atoms with Gasteiger partial charge in [0.05, 0.1) is 28.6 Å². The number of hydrogen-bond donors (Lipinski definition) is 4. The number of piperidine rings is 1. The van der Waals surface area contributed by atoms with E-state index in [1.807, 2.05) is 37.3 Å². The third-order valence-corrected chi connectivity index (χ3v) is 10.3. The lowest BCUT2D eigenvalue weighted by molar-refractivity contribution is 0.334. The van der Waals surface area contributed by atoms with Crippen molar-refractivity contribution in [2.75, 3.05) is 39.3 Å². The summed E-state index contributed by atoms with van der Waals surface area (Å²) < 4.78 is 15.0. The zero-order valence-corrected chi connectivity index (χ0v) is 29.7. The van der Waals surface area contributed by atoms with Crippen LogP contribution in [0.25, 0.3) is 45.8 Å². The molecular weight excluding hydrogens is 636 g/mol. The van der Waals surface area contributed by atoms with Gasteiger partial charge in [-0.2, -0.15) is 5.10 Å². The lowest BCUT2D eigenvalue weighted by Crippen LogP contribution is -2.28. The largest absolute Gasteiger partial charge is 0.359 e. The summed E-state index contributed by atoms with van der Waals surface area (Å²) in [7, 11) is 0. The van der Waals surface area contributed by atoms with Crippen LogP contribution in [-0.4, -0.2) is 70.0 Å². The zero-order chi connectivity index (χ0) is 35.2. The number of halogens is 1. The van der Waals surface area contributed by atoms with E-state index in [4.69, 9.17) is 15.1 Å². The SMILES string of the molecule is C=C/C(=C\C(=C/C)C1=NCC=c2[nH]nc(-c3nc4c(-c5cc(F)cc(CCCN6CCCC6)c5)cccc4[nH]3)c2=C1)NC(=C)CC1CCNCC1. The monoisotopic (exact) mass is 684 g/mol. The van der Waals surface area contributed by atoms with Crippen molar-refractivity contribution in [2.24, 2.45) is 10.9 Å². The number of aryl methyl sites for hydroxylation is 1. The Morgan fingerprint density at radius 2 is 1.98 bits per heavy atom. The summed E-state index contributed by atoms with van der Waals surface area (Å²) in [5.74, 6) is 1.06. The molecule has 2 aromatic heterocycles. The molecule has 3 aliphatic heterocycles. The van der Waals surface area contributed by atoms with Gasteiger partial charge in [0.15, 0.2) is 5.82 Å². The first-order chi connectivity index (χ1) is 25.0. The standard InChI is InChI=1S/C42H49FN8/c1-4-31(26-34(5-2)46-28(3)22-29-13-16-44-17-14-29)39-27-36-37(15-18-45-39)49-50-41(36)42-47-38-12-8-11-35(40(38)48-42)32-23-30(24-33(43)25-32)10-9-21-51-19-6-7-20-51/h4-5,8,11-12,15,23-27,29,44,46,49H,2-3,6-7,9-10,13-14,16-22H2,1H3,(H,47,48)/b31-4+,34-26+. The van der Waals surface area contributed by atoms with E-state index in [1.54, 1.807) is 12.1 Å². The van der Waals surface area contributed by atoms with Gasteiger partial charge >= 0.3 is 0 Å². The van der Waals surface area contributed by atoms with Crippen molar-refractivity contribution in [3.63, 3.8) is 0 Å². The van der Waals surface area contributed by atoms with Crippen LogP contribution < -0.4 is 21.2 Å². The summed E-state index contributed by atoms with van der Waals surface area (Å²) >= 11 is 0. The Morgan fingerprint density at radius 1 is 1.14 bits per heavy atom. The number of likely N-dealkylation sites (tertiary alicyclic amines) is 1. The van der Waals surface area contributed by atoms with E-state index < -0.39 is 0 Å². The van der Waals surface area contributed by atoms with Crippen LogP contribution in [0.1, 0.15) is 51.0 Å². The average molecular weight is 685 g/mol. The molecule has 0 saturated carbocycles. The molecule has 0 bridgehead atoms. The molecule has 2 saturated heterocycles. The van der Waals surface area contributed by atoms with Crippen molar-refractivity contribution in [2.45, 2.75) is 51.9 Å². The number of nitrogens with one attached hydrogen (secondary N) is 4. The van der Waals surface area contributed by atoms with Crippen molar-refractivity contribution in [3.05, 3.63) is 107 Å². The number of benzene rings is 2. The molecule has 0 aliphatic carbocycles. The summed E-state index contributed by atoms with van der Waals surface area (Å²) in [6, 6.07) is 11.4. The number of aliphatic imine (C=N–C) groups is 1. The highest BCUT2D eigenvalue weighted by molar-refractivity contribution is 6.22. The first-order valence-electron chi connectivity index (χ1n) is 18.5. The number of rotatable bonds is 13. The lowest BCUT2D eigenvalue weighted by Gasteiger charge is -2.24. The molecule has 5 heterocycles. The quantitative estimate of drug-likeness (QED) is 0.124. The number of para-hydroxylation sites is 1. The Labute approximate surface area is 299 Å². The minimum absolute atomic E-state index is 0.222. The first-order valence-corrected chi connectivity index (χ1v) is 18.5. The molecule has 0 radical (unpaired) electrons. The van der Waals surface area contributed by atoms with Crippen LogP contribution in [-0.2, 0) is 6.42 Å². The third-order valence-electron chi connectivity index (χ3n) is 10.3. The highest BCUT2D eigenvalue weighted by Crippen LogP contribution is 2.30. The fourth-order valence-corrected chi connectivity index (χ4v) is 7.59. The minimum atomic E-state index is -0.222. The molecule has 4 N–H and O–H groups in total. The van der Waals surface area contributed by atoms with Crippen molar-refractivity contribution in [3.8, 4) is 22.6 Å². The van der Waals surface area contributed by atoms with Crippen LogP contribution in [0.5, 0.6) is 0 Å². The van der Waals surface area contributed by atoms with Gasteiger partial charge in [0.1, 0.15) is 11.5 Å². The van der Waals surface area contributed by atoms with Crippen molar-refractivity contribution < 1.29 is 4.39 Å². The van der Waals surface area contributed by atoms with Crippen LogP contribution in [0, 0.1) is 11.7 Å². The molecule has 3 aliphatic rings. The van der Waals surface area contributed by atoms with Crippen molar-refractivity contribution >= 4 is 28.9 Å². The molecule has 0 amide bonds. The molecule has 0 atom stereocenters. The molecule has 264 valence electrons. The van der Waals surface area contributed by atoms with Crippen LogP contribution >= 0.6 is 0 Å². The van der Waals surface area contributed by atoms with Gasteiger partial charge in [-0.25, -0.2) is 9.37 Å². The maximum atomic E-state index is 15.0. The van der Waals surface area contributed by atoms with Gasteiger partial charge < -0.3 is 20.5 Å². The number of fused-ring (bicyclic) bond motifs is 2. The minimum Gasteiger partial charge on any atom is -0.359 e. The van der Waals surface area contributed by atoms with Crippen molar-refractivity contribution in [1.29, 1.82) is 0 Å². The smallest absolute Gasteiger partial charge is 0.159 e. The van der Waals surface area contributed by atoms with E-state index >= 15 is 0 Å². The fourth-order valence-electron chi connectivity index (χ4n) is 7.59. The number of hydrogen-bond acceptors (Lipinski definition) is 6. The summed E-state index contributed by atoms with van der Waals surface area (Å²) in [4.78, 5) is 16.0. The van der Waals surface area contributed by atoms with Gasteiger partial charge in [-0.15, -0.1) is 0 Å². The molecule has 4 aromatic rings. The summed E-state index contributed by atoms with van der Waals surface area (Å²) in [6.45, 7) is 16.5. The molecule has 9 heteroatoms. The van der Waals surface area contributed by atoms with Gasteiger partial charge in [-0.1, -0.05) is 37.4 Å². The first kappa shape index (κ1) is 34.6. The Bertz CT molecular complexity index is 2120. The molecule has 8 nitrogen and oxygen atoms in total. The van der Waals surface area contributed by atoms with Gasteiger partial charge in [-0.05, 0) is 150 Å². The van der Waals surface area contributed by atoms with E-state index in [1.165, 1.54) is 38.8 Å². The molecule has 7 rings (SSSR count). The number of allylic oxidation sites excluding steroid dienone is 5. The molecule has 51 heavy (non-hydrogen) atoms. The van der Waals surface area contributed by atoms with Crippen LogP contribution in [0.2, 0.25) is 0 Å². The highest BCUT2D eigenvalue weighted by Gasteiger charge is 2.18. The molecule has 2 fully saturated rings. The van der Waals surface area contributed by atoms with Crippen LogP contribution in [0.3, 0.4) is 0 Å². The molecular formula is C42H49FN8. The van der Waals surface area contributed by atoms with Gasteiger partial charge in [-0.3, -0.25) is 10.1 Å². The zero-order valence-electron chi connectivity index (χ0n) is 29.7. The highest BCUT2D eigenvalue weighted by atomic mass is 19.1. The topological polar surface area (TPSA) is 97.0 Å². The third kappa shape index (κ3) is 8.21. The normalized spacial score (nSPS) is 17.4. The van der Waals surface area contributed by atoms with Crippen LogP contribution in [0.4, 0.5) is 4.39 Å². The Balaban J connectivity index is 1.15. The number of aromatic amines is 2. The Kier molecular flexibility index (Phi) is 10.8. The van der Waals surface area contributed by atoms with E-state index in [0.29, 0.717) is 24.0 Å². The summed E-state index contributed by atoms with van der Waals surface area (Å²) in [5.41, 5.74) is 8.79. The summed E-state index contributed by atoms with van der Waals surface area (Å²) in [5, 5.41) is 16.7. The van der Waals surface area contributed by atoms with E-state index in [0.717, 1.165) is 99.9 Å². The van der Waals surface area contributed by atoms with Gasteiger partial charge in [0.2, 0.25) is 0 Å². The Morgan fingerprint density at radius 3 is 2.78 bits per heavy atom. The second-order valence-corrected chi connectivity index (χ2v) is 13.9. The van der Waals surface area contributed by atoms with Gasteiger partial charge in [0, 0.05) is 22.2 Å². The summed E-state index contributed by atoms with van der Waals surface area (Å²) in [6.07, 6.45) is 17.8. The Hall–Kier alpha value is -4.86. The number of nitrogens with zero attached hydrogens (tertiary/aromatic N) is 4. The maximum absolute atomic E-state index is 15.0. The second kappa shape index (κ2) is 16.0. The van der Waals surface area contributed by atoms with Crippen LogP contribution in [0.15, 0.2) is 89.7 Å². The van der Waals surface area contributed by atoms with E-state index in [9.17, 15) is 4.39 Å². The maximum Gasteiger partial charge on any atom is 0.159 e.